The lowest BCUT2D eigenvalue weighted by Gasteiger charge is -1.98. The van der Waals surface area contributed by atoms with Crippen molar-refractivity contribution in [2.75, 3.05) is 0 Å². The van der Waals surface area contributed by atoms with E-state index in [1.807, 2.05) is 12.1 Å². The maximum atomic E-state index is 5.80. The molecular formula is C11H9ClS. The smallest absolute Gasteiger partial charge is 0.0406 e. The first-order chi connectivity index (χ1) is 6.34. The number of hydrogen-bond acceptors (Lipinski definition) is 1. The standard InChI is InChI=1S/C11H9ClS/c12-11-3-1-9(2-4-11)7-10-5-6-13-8-10/h1-6,8H,7H2. The molecule has 2 aromatic rings. The molecule has 0 nitrogen and oxygen atoms in total. The maximum absolute atomic E-state index is 5.80. The third-order valence-corrected chi connectivity index (χ3v) is 2.89. The minimum Gasteiger partial charge on any atom is -0.152 e. The van der Waals surface area contributed by atoms with Crippen LogP contribution in [-0.2, 0) is 6.42 Å². The van der Waals surface area contributed by atoms with Crippen LogP contribution in [0.2, 0.25) is 5.02 Å². The highest BCUT2D eigenvalue weighted by Crippen LogP contribution is 2.15. The Morgan fingerprint density at radius 3 is 2.38 bits per heavy atom. The van der Waals surface area contributed by atoms with E-state index in [4.69, 9.17) is 11.6 Å². The van der Waals surface area contributed by atoms with E-state index in [-0.39, 0.29) is 0 Å². The van der Waals surface area contributed by atoms with Crippen molar-refractivity contribution in [2.24, 2.45) is 0 Å². The molecule has 0 radical (unpaired) electrons. The average molecular weight is 209 g/mol. The van der Waals surface area contributed by atoms with Gasteiger partial charge in [-0.1, -0.05) is 23.7 Å². The summed E-state index contributed by atoms with van der Waals surface area (Å²) in [6.07, 6.45) is 1.00. The summed E-state index contributed by atoms with van der Waals surface area (Å²) < 4.78 is 0. The van der Waals surface area contributed by atoms with Crippen molar-refractivity contribution in [2.45, 2.75) is 6.42 Å². The van der Waals surface area contributed by atoms with Gasteiger partial charge in [0.05, 0.1) is 0 Å². The van der Waals surface area contributed by atoms with Crippen molar-refractivity contribution in [1.82, 2.24) is 0 Å². The molecule has 0 aliphatic heterocycles. The Morgan fingerprint density at radius 2 is 1.77 bits per heavy atom. The summed E-state index contributed by atoms with van der Waals surface area (Å²) in [6, 6.07) is 10.2. The fourth-order valence-electron chi connectivity index (χ4n) is 1.23. The Kier molecular flexibility index (Phi) is 2.67. The van der Waals surface area contributed by atoms with Crippen LogP contribution in [0.3, 0.4) is 0 Å². The second-order valence-electron chi connectivity index (χ2n) is 2.93. The summed E-state index contributed by atoms with van der Waals surface area (Å²) in [7, 11) is 0. The van der Waals surface area contributed by atoms with Gasteiger partial charge < -0.3 is 0 Å². The third kappa shape index (κ3) is 2.33. The first-order valence-corrected chi connectivity index (χ1v) is 5.42. The van der Waals surface area contributed by atoms with E-state index in [0.717, 1.165) is 11.4 Å². The first-order valence-electron chi connectivity index (χ1n) is 4.10. The van der Waals surface area contributed by atoms with Gasteiger partial charge in [-0.2, -0.15) is 11.3 Å². The number of rotatable bonds is 2. The van der Waals surface area contributed by atoms with Crippen molar-refractivity contribution >= 4 is 22.9 Å². The normalized spacial score (nSPS) is 10.2. The Hall–Kier alpha value is -0.790. The SMILES string of the molecule is Clc1ccc(Cc2ccsc2)cc1. The van der Waals surface area contributed by atoms with Gasteiger partial charge in [0, 0.05) is 5.02 Å². The molecule has 0 aliphatic rings. The Labute approximate surface area is 86.8 Å². The molecule has 0 N–H and O–H groups in total. The molecular weight excluding hydrogens is 200 g/mol. The second kappa shape index (κ2) is 3.95. The summed E-state index contributed by atoms with van der Waals surface area (Å²) in [5, 5.41) is 5.08. The Bertz CT molecular complexity index is 361. The predicted molar refractivity (Wildman–Crippen MR) is 58.6 cm³/mol. The molecule has 0 saturated heterocycles. The molecule has 2 rings (SSSR count). The first kappa shape index (κ1) is 8.79. The molecule has 0 atom stereocenters. The van der Waals surface area contributed by atoms with Crippen molar-refractivity contribution in [3.05, 3.63) is 57.2 Å². The largest absolute Gasteiger partial charge is 0.152 e. The van der Waals surface area contributed by atoms with Crippen molar-refractivity contribution < 1.29 is 0 Å². The minimum atomic E-state index is 0.800. The van der Waals surface area contributed by atoms with E-state index < -0.39 is 0 Å². The van der Waals surface area contributed by atoms with Gasteiger partial charge in [0.25, 0.3) is 0 Å². The van der Waals surface area contributed by atoms with Crippen LogP contribution in [0, 0.1) is 0 Å². The zero-order valence-corrected chi connectivity index (χ0v) is 8.61. The van der Waals surface area contributed by atoms with Gasteiger partial charge in [-0.05, 0) is 46.5 Å². The maximum Gasteiger partial charge on any atom is 0.0406 e. The highest BCUT2D eigenvalue weighted by atomic mass is 35.5. The zero-order valence-electron chi connectivity index (χ0n) is 7.03. The van der Waals surface area contributed by atoms with Gasteiger partial charge in [0.2, 0.25) is 0 Å². The van der Waals surface area contributed by atoms with Crippen molar-refractivity contribution in [3.63, 3.8) is 0 Å². The highest BCUT2D eigenvalue weighted by molar-refractivity contribution is 7.07. The molecule has 0 aliphatic carbocycles. The zero-order chi connectivity index (χ0) is 9.10. The van der Waals surface area contributed by atoms with Crippen LogP contribution in [0.4, 0.5) is 0 Å². The molecule has 0 unspecified atom stereocenters. The quantitative estimate of drug-likeness (QED) is 0.700. The summed E-state index contributed by atoms with van der Waals surface area (Å²) >= 11 is 7.53. The monoisotopic (exact) mass is 208 g/mol. The molecule has 0 amide bonds. The lowest BCUT2D eigenvalue weighted by Crippen LogP contribution is -1.83. The number of hydrogen-bond donors (Lipinski definition) is 0. The van der Waals surface area contributed by atoms with Crippen LogP contribution in [-0.4, -0.2) is 0 Å². The van der Waals surface area contributed by atoms with E-state index in [1.54, 1.807) is 11.3 Å². The molecule has 0 bridgehead atoms. The van der Waals surface area contributed by atoms with Crippen molar-refractivity contribution in [1.29, 1.82) is 0 Å². The van der Waals surface area contributed by atoms with E-state index in [1.165, 1.54) is 11.1 Å². The highest BCUT2D eigenvalue weighted by Gasteiger charge is 1.95. The minimum absolute atomic E-state index is 0.800. The Balaban J connectivity index is 2.15. The molecule has 1 heterocycles. The average Bonchev–Trinajstić information content (AvgIpc) is 2.62. The molecule has 1 aromatic carbocycles. The van der Waals surface area contributed by atoms with E-state index in [0.29, 0.717) is 0 Å². The van der Waals surface area contributed by atoms with Crippen LogP contribution >= 0.6 is 22.9 Å². The Morgan fingerprint density at radius 1 is 1.00 bits per heavy atom. The molecule has 13 heavy (non-hydrogen) atoms. The molecule has 66 valence electrons. The lowest BCUT2D eigenvalue weighted by atomic mass is 10.1. The van der Waals surface area contributed by atoms with Crippen LogP contribution < -0.4 is 0 Å². The fraction of sp³-hybridized carbons (Fsp3) is 0.0909. The molecule has 1 aromatic heterocycles. The van der Waals surface area contributed by atoms with E-state index in [9.17, 15) is 0 Å². The van der Waals surface area contributed by atoms with Gasteiger partial charge in [0.15, 0.2) is 0 Å². The van der Waals surface area contributed by atoms with Crippen LogP contribution in [0.5, 0.6) is 0 Å². The number of halogens is 1. The van der Waals surface area contributed by atoms with Gasteiger partial charge >= 0.3 is 0 Å². The molecule has 0 spiro atoms. The summed E-state index contributed by atoms with van der Waals surface area (Å²) in [6.45, 7) is 0. The molecule has 2 heteroatoms. The molecule has 0 saturated carbocycles. The van der Waals surface area contributed by atoms with Gasteiger partial charge in [-0.15, -0.1) is 0 Å². The van der Waals surface area contributed by atoms with Gasteiger partial charge in [-0.3, -0.25) is 0 Å². The van der Waals surface area contributed by atoms with E-state index in [2.05, 4.69) is 29.0 Å². The van der Waals surface area contributed by atoms with Gasteiger partial charge in [0.1, 0.15) is 0 Å². The number of benzene rings is 1. The fourth-order valence-corrected chi connectivity index (χ4v) is 2.03. The summed E-state index contributed by atoms with van der Waals surface area (Å²) in [5.74, 6) is 0. The topological polar surface area (TPSA) is 0 Å². The predicted octanol–water partition coefficient (Wildman–Crippen LogP) is 3.99. The van der Waals surface area contributed by atoms with Gasteiger partial charge in [-0.25, -0.2) is 0 Å². The lowest BCUT2D eigenvalue weighted by molar-refractivity contribution is 1.21. The van der Waals surface area contributed by atoms with E-state index >= 15 is 0 Å². The summed E-state index contributed by atoms with van der Waals surface area (Å²) in [5.41, 5.74) is 2.68. The van der Waals surface area contributed by atoms with Crippen LogP contribution in [0.15, 0.2) is 41.1 Å². The number of thiophene rings is 1. The molecule has 0 fully saturated rings. The third-order valence-electron chi connectivity index (χ3n) is 1.90. The summed E-state index contributed by atoms with van der Waals surface area (Å²) in [4.78, 5) is 0. The second-order valence-corrected chi connectivity index (χ2v) is 4.15. The van der Waals surface area contributed by atoms with Crippen LogP contribution in [0.1, 0.15) is 11.1 Å². The van der Waals surface area contributed by atoms with Crippen molar-refractivity contribution in [3.8, 4) is 0 Å². The van der Waals surface area contributed by atoms with Crippen LogP contribution in [0.25, 0.3) is 0 Å².